The first-order chi connectivity index (χ1) is 26.0. The molecule has 9 heteroatoms. The van der Waals surface area contributed by atoms with E-state index in [9.17, 15) is 19.4 Å². The van der Waals surface area contributed by atoms with Gasteiger partial charge in [-0.15, -0.1) is 0 Å². The molecule has 0 heterocycles. The molecule has 0 aliphatic carbocycles. The molecule has 54 heavy (non-hydrogen) atoms. The molecule has 320 valence electrons. The number of nitrogens with one attached hydrogen (secondary N) is 1. The number of unbranched alkanes of at least 4 members (excludes halogenated alkanes) is 26. The van der Waals surface area contributed by atoms with E-state index in [1.54, 1.807) is 6.08 Å². The second kappa shape index (κ2) is 37.6. The SMILES string of the molecule is CCCCCCCC/C=C\CCCCCC(=O)NC(COP(=O)(O)OCC[N+](C)(C)C)C(O)/C=C/CCCCCCCCCCCCCCCCCCC. The summed E-state index contributed by atoms with van der Waals surface area (Å²) in [5, 5.41) is 13.8. The molecule has 0 bridgehead atoms. The van der Waals surface area contributed by atoms with Gasteiger partial charge in [0.05, 0.1) is 39.9 Å². The van der Waals surface area contributed by atoms with Crippen LogP contribution in [-0.2, 0) is 18.4 Å². The van der Waals surface area contributed by atoms with Crippen LogP contribution in [0.5, 0.6) is 0 Å². The molecule has 0 spiro atoms. The lowest BCUT2D eigenvalue weighted by Gasteiger charge is -2.25. The maximum absolute atomic E-state index is 12.8. The molecular formula is C45H90N2O6P+. The number of carbonyl (C=O) groups excluding carboxylic acids is 1. The zero-order chi connectivity index (χ0) is 40.0. The minimum Gasteiger partial charge on any atom is -0.387 e. The summed E-state index contributed by atoms with van der Waals surface area (Å²) in [7, 11) is 1.57. The van der Waals surface area contributed by atoms with E-state index in [0.717, 1.165) is 51.4 Å². The minimum atomic E-state index is -4.34. The van der Waals surface area contributed by atoms with E-state index >= 15 is 0 Å². The quantitative estimate of drug-likeness (QED) is 0.0247. The van der Waals surface area contributed by atoms with E-state index in [1.807, 2.05) is 27.2 Å². The summed E-state index contributed by atoms with van der Waals surface area (Å²) >= 11 is 0. The summed E-state index contributed by atoms with van der Waals surface area (Å²) in [5.41, 5.74) is 0. The van der Waals surface area contributed by atoms with E-state index in [1.165, 1.54) is 135 Å². The highest BCUT2D eigenvalue weighted by atomic mass is 31.2. The average molecular weight is 786 g/mol. The van der Waals surface area contributed by atoms with Crippen molar-refractivity contribution in [1.29, 1.82) is 0 Å². The number of amides is 1. The van der Waals surface area contributed by atoms with Gasteiger partial charge in [0, 0.05) is 6.42 Å². The minimum absolute atomic E-state index is 0.0599. The number of hydrogen-bond acceptors (Lipinski definition) is 5. The molecule has 3 N–H and O–H groups in total. The average Bonchev–Trinajstić information content (AvgIpc) is 3.12. The predicted octanol–water partition coefficient (Wildman–Crippen LogP) is 12.5. The van der Waals surface area contributed by atoms with E-state index < -0.39 is 20.0 Å². The molecule has 0 saturated heterocycles. The van der Waals surface area contributed by atoms with Gasteiger partial charge in [-0.3, -0.25) is 13.8 Å². The first-order valence-corrected chi connectivity index (χ1v) is 24.2. The van der Waals surface area contributed by atoms with Crippen LogP contribution in [0.3, 0.4) is 0 Å². The van der Waals surface area contributed by atoms with Gasteiger partial charge in [0.15, 0.2) is 0 Å². The van der Waals surface area contributed by atoms with Gasteiger partial charge in [-0.2, -0.15) is 0 Å². The molecule has 3 atom stereocenters. The molecule has 0 aromatic rings. The van der Waals surface area contributed by atoms with Crippen LogP contribution < -0.4 is 5.32 Å². The maximum Gasteiger partial charge on any atom is 0.472 e. The number of likely N-dealkylation sites (N-methyl/N-ethyl adjacent to an activating group) is 1. The first-order valence-electron chi connectivity index (χ1n) is 22.7. The summed E-state index contributed by atoms with van der Waals surface area (Å²) < 4.78 is 23.5. The molecule has 8 nitrogen and oxygen atoms in total. The largest absolute Gasteiger partial charge is 0.472 e. The Balaban J connectivity index is 4.41. The number of hydrogen-bond donors (Lipinski definition) is 3. The van der Waals surface area contributed by atoms with Crippen molar-refractivity contribution in [1.82, 2.24) is 5.32 Å². The van der Waals surface area contributed by atoms with Crippen LogP contribution >= 0.6 is 7.82 Å². The third kappa shape index (κ3) is 39.2. The number of rotatable bonds is 41. The third-order valence-corrected chi connectivity index (χ3v) is 11.1. The van der Waals surface area contributed by atoms with E-state index in [-0.39, 0.29) is 19.1 Å². The summed E-state index contributed by atoms with van der Waals surface area (Å²) in [6.07, 6.45) is 43.9. The number of nitrogens with zero attached hydrogens (tertiary/aromatic N) is 1. The van der Waals surface area contributed by atoms with Crippen molar-refractivity contribution in [2.75, 3.05) is 40.9 Å². The molecule has 0 aromatic carbocycles. The van der Waals surface area contributed by atoms with Crippen LogP contribution in [0.1, 0.15) is 206 Å². The van der Waals surface area contributed by atoms with Gasteiger partial charge < -0.3 is 19.8 Å². The normalized spacial score (nSPS) is 14.6. The lowest BCUT2D eigenvalue weighted by molar-refractivity contribution is -0.870. The van der Waals surface area contributed by atoms with Crippen LogP contribution in [0.2, 0.25) is 0 Å². The molecule has 3 unspecified atom stereocenters. The topological polar surface area (TPSA) is 105 Å². The van der Waals surface area contributed by atoms with Crippen LogP contribution in [0, 0.1) is 0 Å². The monoisotopic (exact) mass is 786 g/mol. The van der Waals surface area contributed by atoms with E-state index in [4.69, 9.17) is 9.05 Å². The zero-order valence-corrected chi connectivity index (χ0v) is 37.1. The fraction of sp³-hybridized carbons (Fsp3) is 0.889. The highest BCUT2D eigenvalue weighted by Crippen LogP contribution is 2.43. The van der Waals surface area contributed by atoms with Crippen molar-refractivity contribution < 1.29 is 32.9 Å². The Bertz CT molecular complexity index is 938. The van der Waals surface area contributed by atoms with Gasteiger partial charge in [0.2, 0.25) is 5.91 Å². The number of aliphatic hydroxyl groups is 1. The predicted molar refractivity (Wildman–Crippen MR) is 231 cm³/mol. The number of allylic oxidation sites excluding steroid dienone is 3. The zero-order valence-electron chi connectivity index (χ0n) is 36.2. The van der Waals surface area contributed by atoms with Gasteiger partial charge in [0.25, 0.3) is 0 Å². The number of aliphatic hydroxyl groups excluding tert-OH is 1. The van der Waals surface area contributed by atoms with E-state index in [0.29, 0.717) is 17.4 Å². The summed E-state index contributed by atoms with van der Waals surface area (Å²) in [5.74, 6) is -0.193. The molecule has 0 rings (SSSR count). The van der Waals surface area contributed by atoms with Crippen LogP contribution in [0.4, 0.5) is 0 Å². The number of phosphoric acid groups is 1. The van der Waals surface area contributed by atoms with Gasteiger partial charge >= 0.3 is 7.82 Å². The van der Waals surface area contributed by atoms with Crippen LogP contribution in [0.25, 0.3) is 0 Å². The van der Waals surface area contributed by atoms with E-state index in [2.05, 4.69) is 31.3 Å². The van der Waals surface area contributed by atoms with Crippen molar-refractivity contribution in [3.05, 3.63) is 24.3 Å². The first kappa shape index (κ1) is 53.0. The highest BCUT2D eigenvalue weighted by Gasteiger charge is 2.27. The van der Waals surface area contributed by atoms with Gasteiger partial charge in [-0.1, -0.05) is 179 Å². The molecule has 0 aliphatic rings. The summed E-state index contributed by atoms with van der Waals surface area (Å²) in [6, 6.07) is -0.850. The fourth-order valence-electron chi connectivity index (χ4n) is 6.51. The Labute approximate surface area is 334 Å². The fourth-order valence-corrected chi connectivity index (χ4v) is 7.24. The Hall–Kier alpha value is -1.02. The van der Waals surface area contributed by atoms with Gasteiger partial charge in [-0.05, 0) is 44.9 Å². The lowest BCUT2D eigenvalue weighted by Crippen LogP contribution is -2.45. The molecule has 0 aliphatic heterocycles. The molecule has 0 saturated carbocycles. The molecule has 0 radical (unpaired) electrons. The Morgan fingerprint density at radius 1 is 0.611 bits per heavy atom. The van der Waals surface area contributed by atoms with Crippen LogP contribution in [-0.4, -0.2) is 73.4 Å². The second-order valence-electron chi connectivity index (χ2n) is 16.8. The number of quaternary nitrogens is 1. The molecule has 1 amide bonds. The smallest absolute Gasteiger partial charge is 0.387 e. The maximum atomic E-state index is 12.8. The van der Waals surface area contributed by atoms with Crippen LogP contribution in [0.15, 0.2) is 24.3 Å². The Morgan fingerprint density at radius 2 is 1.00 bits per heavy atom. The highest BCUT2D eigenvalue weighted by molar-refractivity contribution is 7.47. The lowest BCUT2D eigenvalue weighted by atomic mass is 10.0. The van der Waals surface area contributed by atoms with Crippen molar-refractivity contribution >= 4 is 13.7 Å². The van der Waals surface area contributed by atoms with Crippen molar-refractivity contribution in [2.45, 2.75) is 219 Å². The Morgan fingerprint density at radius 3 is 1.43 bits per heavy atom. The number of carbonyl (C=O) groups is 1. The standard InChI is InChI=1S/C45H89N2O6P/c1-6-8-10-12-14-16-18-20-21-22-23-24-25-27-28-30-32-34-36-38-44(48)43(42-53-54(50,51)52-41-40-47(3,4)5)46-45(49)39-37-35-33-31-29-26-19-17-15-13-11-9-7-2/h26,29,36,38,43-44,48H,6-25,27-28,30-35,37,39-42H2,1-5H3,(H-,46,49,50,51)/p+1/b29-26-,38-36+. The van der Waals surface area contributed by atoms with Crippen molar-refractivity contribution in [3.8, 4) is 0 Å². The number of phosphoric ester groups is 1. The van der Waals surface area contributed by atoms with Crippen molar-refractivity contribution in [2.24, 2.45) is 0 Å². The summed E-state index contributed by atoms with van der Waals surface area (Å²) in [4.78, 5) is 23.1. The molecular weight excluding hydrogens is 695 g/mol. The molecule has 0 aromatic heterocycles. The summed E-state index contributed by atoms with van der Waals surface area (Å²) in [6.45, 7) is 4.80. The van der Waals surface area contributed by atoms with Gasteiger partial charge in [-0.25, -0.2) is 4.57 Å². The third-order valence-electron chi connectivity index (χ3n) is 10.2. The Kier molecular flexibility index (Phi) is 36.8. The second-order valence-corrected chi connectivity index (χ2v) is 18.2. The van der Waals surface area contributed by atoms with Crippen molar-refractivity contribution in [3.63, 3.8) is 0 Å². The van der Waals surface area contributed by atoms with Gasteiger partial charge in [0.1, 0.15) is 13.2 Å². The molecule has 0 fully saturated rings.